The summed E-state index contributed by atoms with van der Waals surface area (Å²) < 4.78 is 5.83. The van der Waals surface area contributed by atoms with Crippen molar-refractivity contribution in [1.82, 2.24) is 5.32 Å². The van der Waals surface area contributed by atoms with Crippen molar-refractivity contribution in [2.24, 2.45) is 5.92 Å². The Morgan fingerprint density at radius 1 is 1.14 bits per heavy atom. The van der Waals surface area contributed by atoms with Crippen LogP contribution in [0, 0.1) is 5.92 Å². The van der Waals surface area contributed by atoms with Crippen LogP contribution < -0.4 is 10.1 Å². The quantitative estimate of drug-likeness (QED) is 0.736. The highest BCUT2D eigenvalue weighted by atomic mass is 16.5. The molecule has 2 rings (SSSR count). The Labute approximate surface area is 130 Å². The van der Waals surface area contributed by atoms with E-state index < -0.39 is 0 Å². The highest BCUT2D eigenvalue weighted by Gasteiger charge is 2.18. The van der Waals surface area contributed by atoms with E-state index in [1.807, 2.05) is 0 Å². The van der Waals surface area contributed by atoms with Crippen molar-refractivity contribution in [3.63, 3.8) is 0 Å². The summed E-state index contributed by atoms with van der Waals surface area (Å²) in [6, 6.07) is 9.05. The van der Waals surface area contributed by atoms with Gasteiger partial charge in [0.05, 0.1) is 6.10 Å². The van der Waals surface area contributed by atoms with E-state index in [2.05, 4.69) is 50.5 Å². The van der Waals surface area contributed by atoms with E-state index in [1.165, 1.54) is 50.5 Å². The average Bonchev–Trinajstić information content (AvgIpc) is 2.73. The summed E-state index contributed by atoms with van der Waals surface area (Å²) in [7, 11) is 2.08. The lowest BCUT2D eigenvalue weighted by atomic mass is 9.89. The molecule has 1 aliphatic rings. The van der Waals surface area contributed by atoms with E-state index in [4.69, 9.17) is 4.74 Å². The second kappa shape index (κ2) is 8.43. The topological polar surface area (TPSA) is 21.3 Å². The normalized spacial score (nSPS) is 18.5. The van der Waals surface area contributed by atoms with Gasteiger partial charge in [-0.15, -0.1) is 0 Å². The summed E-state index contributed by atoms with van der Waals surface area (Å²) in [4.78, 5) is 0. The first-order chi connectivity index (χ1) is 10.2. The molecule has 1 aromatic rings. The zero-order valence-corrected chi connectivity index (χ0v) is 13.9. The predicted octanol–water partition coefficient (Wildman–Crippen LogP) is 5.09. The Kier molecular flexibility index (Phi) is 6.56. The summed E-state index contributed by atoms with van der Waals surface area (Å²) in [5.74, 6) is 1.86. The van der Waals surface area contributed by atoms with Gasteiger partial charge in [-0.25, -0.2) is 0 Å². The van der Waals surface area contributed by atoms with Crippen LogP contribution in [0.5, 0.6) is 5.75 Å². The molecule has 0 bridgehead atoms. The van der Waals surface area contributed by atoms with Crippen LogP contribution in [0.25, 0.3) is 0 Å². The number of hydrogen-bond donors (Lipinski definition) is 1. The fourth-order valence-electron chi connectivity index (χ4n) is 3.43. The maximum atomic E-state index is 5.83. The lowest BCUT2D eigenvalue weighted by Crippen LogP contribution is -2.20. The van der Waals surface area contributed by atoms with Crippen LogP contribution in [0.15, 0.2) is 24.3 Å². The van der Waals surface area contributed by atoms with Gasteiger partial charge in [0.15, 0.2) is 0 Å². The molecule has 1 atom stereocenters. The second-order valence-electron chi connectivity index (χ2n) is 6.67. The first-order valence-electron chi connectivity index (χ1n) is 8.63. The molecule has 0 heterocycles. The van der Waals surface area contributed by atoms with Gasteiger partial charge in [0.25, 0.3) is 0 Å². The standard InChI is InChI=1S/C19H31NO/c1-15(2)21-18-12-8-11-17(14-18)19(20-3)13-16-9-6-4-5-7-10-16/h8,11-12,14-16,19-20H,4-7,9-10,13H2,1-3H3. The lowest BCUT2D eigenvalue weighted by molar-refractivity contribution is 0.242. The molecule has 21 heavy (non-hydrogen) atoms. The summed E-state index contributed by atoms with van der Waals surface area (Å²) in [5, 5.41) is 3.51. The van der Waals surface area contributed by atoms with Crippen LogP contribution in [0.2, 0.25) is 0 Å². The second-order valence-corrected chi connectivity index (χ2v) is 6.67. The van der Waals surface area contributed by atoms with E-state index >= 15 is 0 Å². The van der Waals surface area contributed by atoms with Gasteiger partial charge in [0, 0.05) is 6.04 Å². The van der Waals surface area contributed by atoms with Gasteiger partial charge >= 0.3 is 0 Å². The number of hydrogen-bond acceptors (Lipinski definition) is 2. The van der Waals surface area contributed by atoms with Crippen LogP contribution >= 0.6 is 0 Å². The Bertz CT molecular complexity index is 408. The number of rotatable bonds is 6. The minimum atomic E-state index is 0.232. The molecule has 2 heteroatoms. The van der Waals surface area contributed by atoms with Gasteiger partial charge in [-0.05, 0) is 50.9 Å². The molecule has 1 unspecified atom stereocenters. The fourth-order valence-corrected chi connectivity index (χ4v) is 3.43. The zero-order valence-electron chi connectivity index (χ0n) is 13.9. The van der Waals surface area contributed by atoms with Crippen molar-refractivity contribution in [2.75, 3.05) is 7.05 Å². The third-order valence-electron chi connectivity index (χ3n) is 4.52. The van der Waals surface area contributed by atoms with Crippen molar-refractivity contribution in [2.45, 2.75) is 70.9 Å². The zero-order chi connectivity index (χ0) is 15.1. The summed E-state index contributed by atoms with van der Waals surface area (Å²) >= 11 is 0. The van der Waals surface area contributed by atoms with Crippen molar-refractivity contribution in [3.05, 3.63) is 29.8 Å². The van der Waals surface area contributed by atoms with Crippen molar-refractivity contribution >= 4 is 0 Å². The van der Waals surface area contributed by atoms with E-state index in [0.29, 0.717) is 6.04 Å². The molecular weight excluding hydrogens is 258 g/mol. The molecule has 0 saturated heterocycles. The predicted molar refractivity (Wildman–Crippen MR) is 89.8 cm³/mol. The smallest absolute Gasteiger partial charge is 0.120 e. The molecule has 0 radical (unpaired) electrons. The highest BCUT2D eigenvalue weighted by Crippen LogP contribution is 2.32. The number of benzene rings is 1. The molecule has 1 aliphatic carbocycles. The average molecular weight is 289 g/mol. The van der Waals surface area contributed by atoms with Crippen molar-refractivity contribution < 1.29 is 4.74 Å². The van der Waals surface area contributed by atoms with Gasteiger partial charge in [-0.3, -0.25) is 0 Å². The van der Waals surface area contributed by atoms with Gasteiger partial charge < -0.3 is 10.1 Å². The molecule has 1 saturated carbocycles. The first kappa shape index (κ1) is 16.4. The van der Waals surface area contributed by atoms with Crippen LogP contribution in [0.1, 0.15) is 70.4 Å². The van der Waals surface area contributed by atoms with E-state index in [0.717, 1.165) is 11.7 Å². The van der Waals surface area contributed by atoms with Crippen LogP contribution in [-0.4, -0.2) is 13.2 Å². The minimum Gasteiger partial charge on any atom is -0.491 e. The summed E-state index contributed by atoms with van der Waals surface area (Å²) in [6.07, 6.45) is 9.98. The Morgan fingerprint density at radius 3 is 2.48 bits per heavy atom. The third-order valence-corrected chi connectivity index (χ3v) is 4.52. The van der Waals surface area contributed by atoms with E-state index in [9.17, 15) is 0 Å². The van der Waals surface area contributed by atoms with Crippen molar-refractivity contribution in [1.29, 1.82) is 0 Å². The van der Waals surface area contributed by atoms with E-state index in [-0.39, 0.29) is 6.10 Å². The molecule has 0 aliphatic heterocycles. The van der Waals surface area contributed by atoms with Gasteiger partial charge in [0.1, 0.15) is 5.75 Å². The summed E-state index contributed by atoms with van der Waals surface area (Å²) in [5.41, 5.74) is 1.36. The molecule has 2 nitrogen and oxygen atoms in total. The van der Waals surface area contributed by atoms with Gasteiger partial charge in [0.2, 0.25) is 0 Å². The SMILES string of the molecule is CNC(CC1CCCCCC1)c1cccc(OC(C)C)c1. The fraction of sp³-hybridized carbons (Fsp3) is 0.684. The highest BCUT2D eigenvalue weighted by molar-refractivity contribution is 5.30. The minimum absolute atomic E-state index is 0.232. The largest absolute Gasteiger partial charge is 0.491 e. The molecule has 118 valence electrons. The molecule has 1 N–H and O–H groups in total. The maximum absolute atomic E-state index is 5.83. The lowest BCUT2D eigenvalue weighted by Gasteiger charge is -2.23. The number of ether oxygens (including phenoxy) is 1. The first-order valence-corrected chi connectivity index (χ1v) is 8.63. The molecule has 1 fully saturated rings. The molecule has 0 aromatic heterocycles. The van der Waals surface area contributed by atoms with Crippen LogP contribution in [0.4, 0.5) is 0 Å². The monoisotopic (exact) mass is 289 g/mol. The van der Waals surface area contributed by atoms with Crippen molar-refractivity contribution in [3.8, 4) is 5.75 Å². The third kappa shape index (κ3) is 5.35. The maximum Gasteiger partial charge on any atom is 0.120 e. The van der Waals surface area contributed by atoms with Crippen LogP contribution in [0.3, 0.4) is 0 Å². The molecule has 0 spiro atoms. The van der Waals surface area contributed by atoms with E-state index in [1.54, 1.807) is 0 Å². The number of nitrogens with one attached hydrogen (secondary N) is 1. The van der Waals surface area contributed by atoms with Crippen LogP contribution in [-0.2, 0) is 0 Å². The Balaban J connectivity index is 2.02. The Morgan fingerprint density at radius 2 is 1.86 bits per heavy atom. The van der Waals surface area contributed by atoms with Gasteiger partial charge in [-0.2, -0.15) is 0 Å². The molecule has 0 amide bonds. The van der Waals surface area contributed by atoms with Gasteiger partial charge in [-0.1, -0.05) is 50.7 Å². The molecule has 1 aromatic carbocycles. The summed E-state index contributed by atoms with van der Waals surface area (Å²) in [6.45, 7) is 4.15. The molecular formula is C19H31NO. The Hall–Kier alpha value is -1.02.